The van der Waals surface area contributed by atoms with E-state index >= 15 is 0 Å². The molecule has 6 heteroatoms. The molecule has 6 nitrogen and oxygen atoms in total. The molecule has 0 radical (unpaired) electrons. The normalized spacial score (nSPS) is 64.6. The maximum atomic E-state index is 7.18. The molecule has 0 aromatic carbocycles. The number of methoxy groups -OCH3 is 4. The van der Waals surface area contributed by atoms with E-state index in [1.807, 2.05) is 28.4 Å². The van der Waals surface area contributed by atoms with E-state index in [-0.39, 0.29) is 23.8 Å². The van der Waals surface area contributed by atoms with Crippen molar-refractivity contribution < 1.29 is 28.4 Å². The van der Waals surface area contributed by atoms with Crippen LogP contribution < -0.4 is 0 Å². The Bertz CT molecular complexity index is 718. The van der Waals surface area contributed by atoms with Crippen LogP contribution in [0.2, 0.25) is 0 Å². The number of rotatable bonds is 6. The maximum Gasteiger partial charge on any atom is 0.186 e. The lowest BCUT2D eigenvalue weighted by Gasteiger charge is -2.44. The lowest BCUT2D eigenvalue weighted by Crippen LogP contribution is -2.56. The van der Waals surface area contributed by atoms with Crippen molar-refractivity contribution in [2.45, 2.75) is 61.7 Å². The average Bonchev–Trinajstić information content (AvgIpc) is 3.52. The fourth-order valence-corrected chi connectivity index (χ4v) is 12.1. The number of hydrogen-bond donors (Lipinski definition) is 0. The molecule has 0 aromatic heterocycles. The minimum atomic E-state index is -0.271. The van der Waals surface area contributed by atoms with Crippen LogP contribution in [-0.4, -0.2) is 64.4 Å². The highest BCUT2D eigenvalue weighted by atomic mass is 16.7. The SMILES string of the molecule is COC(OC)[C@]12O[C@@H]3CC[C@@H]4[C@@H]3[C@@H]1[C@@H]1[C@H]3[C@@H]5[C@@H]6[C@@H](CC[C@@H]6O[C@]5(C(OC)OC)[C@@H]41)[C@@H]32. The predicted molar refractivity (Wildman–Crippen MR) is 104 cm³/mol. The van der Waals surface area contributed by atoms with Crippen LogP contribution in [0.15, 0.2) is 0 Å². The van der Waals surface area contributed by atoms with Gasteiger partial charge in [-0.2, -0.15) is 0 Å². The summed E-state index contributed by atoms with van der Waals surface area (Å²) in [6.07, 6.45) is 5.01. The van der Waals surface area contributed by atoms with E-state index in [1.54, 1.807) is 0 Å². The highest BCUT2D eigenvalue weighted by Crippen LogP contribution is 2.87. The lowest BCUT2D eigenvalue weighted by atomic mass is 9.71. The summed E-state index contributed by atoms with van der Waals surface area (Å²) in [4.78, 5) is 0. The summed E-state index contributed by atoms with van der Waals surface area (Å²) >= 11 is 0. The van der Waals surface area contributed by atoms with E-state index in [1.165, 1.54) is 12.8 Å². The smallest absolute Gasteiger partial charge is 0.186 e. The summed E-state index contributed by atoms with van der Waals surface area (Å²) in [5, 5.41) is 0. The Kier molecular flexibility index (Phi) is 3.31. The molecule has 6 saturated carbocycles. The van der Waals surface area contributed by atoms with Gasteiger partial charge in [0.15, 0.2) is 12.6 Å². The molecule has 8 fully saturated rings. The van der Waals surface area contributed by atoms with Gasteiger partial charge in [0.1, 0.15) is 11.2 Å². The van der Waals surface area contributed by atoms with Crippen molar-refractivity contribution in [1.82, 2.24) is 0 Å². The van der Waals surface area contributed by atoms with Gasteiger partial charge in [-0.1, -0.05) is 0 Å². The van der Waals surface area contributed by atoms with Crippen molar-refractivity contribution in [3.63, 3.8) is 0 Å². The number of hydrogen-bond acceptors (Lipinski definition) is 6. The van der Waals surface area contributed by atoms with E-state index in [4.69, 9.17) is 28.4 Å². The van der Waals surface area contributed by atoms with Crippen LogP contribution in [0, 0.1) is 59.2 Å². The molecule has 14 atom stereocenters. The van der Waals surface area contributed by atoms with Gasteiger partial charge in [0, 0.05) is 40.3 Å². The monoisotopic (exact) mass is 418 g/mol. The molecule has 0 amide bonds. The molecule has 8 rings (SSSR count). The highest BCUT2D eigenvalue weighted by molar-refractivity contribution is 5.37. The summed E-state index contributed by atoms with van der Waals surface area (Å²) in [6.45, 7) is 0. The van der Waals surface area contributed by atoms with Gasteiger partial charge in [-0.3, -0.25) is 0 Å². The Labute approximate surface area is 178 Å². The Morgan fingerprint density at radius 1 is 0.567 bits per heavy atom. The number of ether oxygens (including phenoxy) is 6. The van der Waals surface area contributed by atoms with Crippen LogP contribution in [0.4, 0.5) is 0 Å². The molecule has 2 aliphatic heterocycles. The zero-order valence-electron chi connectivity index (χ0n) is 18.4. The van der Waals surface area contributed by atoms with Crippen LogP contribution in [0.1, 0.15) is 25.7 Å². The van der Waals surface area contributed by atoms with E-state index in [9.17, 15) is 0 Å². The second-order valence-electron chi connectivity index (χ2n) is 11.5. The van der Waals surface area contributed by atoms with Crippen molar-refractivity contribution in [3.05, 3.63) is 0 Å². The Hall–Kier alpha value is -0.240. The van der Waals surface area contributed by atoms with Crippen LogP contribution in [0.3, 0.4) is 0 Å². The summed E-state index contributed by atoms with van der Waals surface area (Å²) in [7, 11) is 7.24. The van der Waals surface area contributed by atoms with Gasteiger partial charge < -0.3 is 28.4 Å². The summed E-state index contributed by atoms with van der Waals surface area (Å²) in [5.41, 5.74) is -0.541. The lowest BCUT2D eigenvalue weighted by molar-refractivity contribution is -0.270. The van der Waals surface area contributed by atoms with E-state index < -0.39 is 0 Å². The second kappa shape index (κ2) is 5.45. The van der Waals surface area contributed by atoms with Gasteiger partial charge >= 0.3 is 0 Å². The summed E-state index contributed by atoms with van der Waals surface area (Å²) in [5.74, 6) is 5.90. The zero-order chi connectivity index (χ0) is 20.2. The van der Waals surface area contributed by atoms with Crippen molar-refractivity contribution in [2.24, 2.45) is 59.2 Å². The molecule has 0 aromatic rings. The maximum absolute atomic E-state index is 7.18. The van der Waals surface area contributed by atoms with Gasteiger partial charge in [0.2, 0.25) is 0 Å². The van der Waals surface area contributed by atoms with E-state index in [2.05, 4.69) is 0 Å². The number of fused-ring (bicyclic) bond motifs is 4. The summed E-state index contributed by atoms with van der Waals surface area (Å²) < 4.78 is 38.6. The molecule has 0 spiro atoms. The third-order valence-electron chi connectivity index (χ3n) is 11.7. The first-order valence-corrected chi connectivity index (χ1v) is 12.2. The Morgan fingerprint density at radius 3 is 1.33 bits per heavy atom. The van der Waals surface area contributed by atoms with Crippen molar-refractivity contribution in [2.75, 3.05) is 28.4 Å². The van der Waals surface area contributed by atoms with E-state index in [0.717, 1.165) is 12.8 Å². The molecule has 2 heterocycles. The molecule has 30 heavy (non-hydrogen) atoms. The van der Waals surface area contributed by atoms with Gasteiger partial charge in [-0.25, -0.2) is 0 Å². The van der Waals surface area contributed by atoms with Crippen molar-refractivity contribution >= 4 is 0 Å². The molecule has 6 aliphatic carbocycles. The first-order valence-electron chi connectivity index (χ1n) is 12.2. The highest BCUT2D eigenvalue weighted by Gasteiger charge is 2.92. The fraction of sp³-hybridized carbons (Fsp3) is 1.00. The first-order chi connectivity index (χ1) is 14.7. The molecule has 0 N–H and O–H groups in total. The molecular weight excluding hydrogens is 384 g/mol. The fourth-order valence-electron chi connectivity index (χ4n) is 12.1. The van der Waals surface area contributed by atoms with Crippen LogP contribution in [0.5, 0.6) is 0 Å². The quantitative estimate of drug-likeness (QED) is 0.617. The van der Waals surface area contributed by atoms with Gasteiger partial charge in [0.05, 0.1) is 12.2 Å². The van der Waals surface area contributed by atoms with Crippen LogP contribution in [-0.2, 0) is 28.4 Å². The molecule has 2 saturated heterocycles. The van der Waals surface area contributed by atoms with Crippen molar-refractivity contribution in [1.29, 1.82) is 0 Å². The zero-order valence-corrected chi connectivity index (χ0v) is 18.4. The summed E-state index contributed by atoms with van der Waals surface area (Å²) in [6, 6.07) is 0. The predicted octanol–water partition coefficient (Wildman–Crippen LogP) is 2.30. The molecular formula is C24H34O6. The first kappa shape index (κ1) is 18.2. The largest absolute Gasteiger partial charge is 0.366 e. The average molecular weight is 419 g/mol. The second-order valence-corrected chi connectivity index (χ2v) is 11.5. The van der Waals surface area contributed by atoms with Gasteiger partial charge in [-0.15, -0.1) is 0 Å². The third-order valence-corrected chi connectivity index (χ3v) is 11.7. The van der Waals surface area contributed by atoms with E-state index in [0.29, 0.717) is 71.4 Å². The molecule has 166 valence electrons. The minimum absolute atomic E-state index is 0.267. The Balaban J connectivity index is 1.39. The standard InChI is InChI=1S/C24H34O6/c1-25-21(26-2)23-17-9-5-8-12-14(9)20-15(17)16-18(24(20,30-12)22(27-3)28-4)10-6-7-11(29-23)13(10)19(16)23/h9-22H,5-8H2,1-4H3/t9-,10-,11-,12+,13+,14-,15-,16-,17+,18+,19-,20+,23-,24-/m1/s1. The topological polar surface area (TPSA) is 55.4 Å². The molecule has 0 unspecified atom stereocenters. The van der Waals surface area contributed by atoms with Gasteiger partial charge in [-0.05, 0) is 73.0 Å². The van der Waals surface area contributed by atoms with Crippen LogP contribution in [0.25, 0.3) is 0 Å². The third kappa shape index (κ3) is 1.48. The van der Waals surface area contributed by atoms with Crippen molar-refractivity contribution in [3.8, 4) is 0 Å². The molecule has 8 aliphatic rings. The Morgan fingerprint density at radius 2 is 0.967 bits per heavy atom. The minimum Gasteiger partial charge on any atom is -0.366 e. The van der Waals surface area contributed by atoms with Gasteiger partial charge in [0.25, 0.3) is 0 Å². The molecule has 0 bridgehead atoms. The van der Waals surface area contributed by atoms with Crippen LogP contribution >= 0.6 is 0 Å².